The molecule has 1 aliphatic heterocycles. The van der Waals surface area contributed by atoms with Crippen molar-refractivity contribution in [3.8, 4) is 0 Å². The van der Waals surface area contributed by atoms with Crippen molar-refractivity contribution in [1.29, 1.82) is 0 Å². The summed E-state index contributed by atoms with van der Waals surface area (Å²) in [7, 11) is 0. The standard InChI is InChI=1S/C20H19F3N4O2S2/c1-11-7-13(10-30-11)15-5-6-26(9-16(15)28)18-24-12(2)27(19(29)25-18)8-14-3-4-17(31-14)20(21,22)23/h3-5,7,10,16,28H,6,8-9H2,1-2H3/t16-/m0/s1. The summed E-state index contributed by atoms with van der Waals surface area (Å²) in [4.78, 5) is 23.5. The highest BCUT2D eigenvalue weighted by Gasteiger charge is 2.32. The molecule has 0 aliphatic carbocycles. The zero-order valence-corrected chi connectivity index (χ0v) is 18.3. The van der Waals surface area contributed by atoms with Gasteiger partial charge in [0.15, 0.2) is 0 Å². The predicted molar refractivity (Wildman–Crippen MR) is 115 cm³/mol. The first-order chi connectivity index (χ1) is 14.6. The normalized spacial score (nSPS) is 17.2. The number of β-amino-alcohol motifs (C(OH)–C–C–N with tert-alkyl or cyclic N) is 1. The molecular formula is C20H19F3N4O2S2. The zero-order chi connectivity index (χ0) is 22.3. The summed E-state index contributed by atoms with van der Waals surface area (Å²) in [5.41, 5.74) is 1.22. The third kappa shape index (κ3) is 4.58. The average Bonchev–Trinajstić information content (AvgIpc) is 3.33. The lowest BCUT2D eigenvalue weighted by molar-refractivity contribution is -0.134. The fourth-order valence-corrected chi connectivity index (χ4v) is 4.98. The van der Waals surface area contributed by atoms with Gasteiger partial charge < -0.3 is 10.0 Å². The number of alkyl halides is 3. The van der Waals surface area contributed by atoms with Gasteiger partial charge in [-0.2, -0.15) is 23.1 Å². The van der Waals surface area contributed by atoms with Crippen LogP contribution in [0.1, 0.15) is 26.0 Å². The van der Waals surface area contributed by atoms with E-state index in [-0.39, 0.29) is 19.0 Å². The second kappa shape index (κ2) is 8.21. The number of halogens is 3. The Morgan fingerprint density at radius 3 is 2.61 bits per heavy atom. The Balaban J connectivity index is 1.54. The van der Waals surface area contributed by atoms with Crippen molar-refractivity contribution in [1.82, 2.24) is 14.5 Å². The van der Waals surface area contributed by atoms with E-state index in [1.54, 1.807) is 23.2 Å². The van der Waals surface area contributed by atoms with E-state index in [9.17, 15) is 23.1 Å². The van der Waals surface area contributed by atoms with E-state index >= 15 is 0 Å². The van der Waals surface area contributed by atoms with Crippen LogP contribution in [0.5, 0.6) is 0 Å². The van der Waals surface area contributed by atoms with E-state index in [0.717, 1.165) is 22.1 Å². The molecule has 31 heavy (non-hydrogen) atoms. The molecular weight excluding hydrogens is 449 g/mol. The fourth-order valence-electron chi connectivity index (χ4n) is 3.40. The van der Waals surface area contributed by atoms with Gasteiger partial charge >= 0.3 is 11.9 Å². The van der Waals surface area contributed by atoms with Crippen LogP contribution in [0.25, 0.3) is 5.57 Å². The molecule has 0 fully saturated rings. The van der Waals surface area contributed by atoms with Crippen LogP contribution in [0.3, 0.4) is 0 Å². The van der Waals surface area contributed by atoms with Crippen LogP contribution in [0, 0.1) is 13.8 Å². The predicted octanol–water partition coefficient (Wildman–Crippen LogP) is 3.71. The van der Waals surface area contributed by atoms with Crippen LogP contribution in [0.15, 0.2) is 34.4 Å². The number of hydrogen-bond donors (Lipinski definition) is 1. The molecule has 164 valence electrons. The highest BCUT2D eigenvalue weighted by atomic mass is 32.1. The average molecular weight is 469 g/mol. The Kier molecular flexibility index (Phi) is 5.75. The first-order valence-electron chi connectivity index (χ1n) is 9.42. The van der Waals surface area contributed by atoms with Crippen molar-refractivity contribution in [3.05, 3.63) is 66.2 Å². The summed E-state index contributed by atoms with van der Waals surface area (Å²) in [6.07, 6.45) is -3.27. The first kappa shape index (κ1) is 21.7. The largest absolute Gasteiger partial charge is 0.425 e. The molecule has 6 nitrogen and oxygen atoms in total. The number of aliphatic hydroxyl groups excluding tert-OH is 1. The highest BCUT2D eigenvalue weighted by molar-refractivity contribution is 7.12. The number of aryl methyl sites for hydroxylation is 2. The number of thiophene rings is 2. The third-order valence-corrected chi connectivity index (χ3v) is 6.94. The van der Waals surface area contributed by atoms with Gasteiger partial charge in [-0.3, -0.25) is 4.57 Å². The molecule has 11 heteroatoms. The second-order valence-corrected chi connectivity index (χ2v) is 9.51. The number of rotatable bonds is 4. The molecule has 4 heterocycles. The lowest BCUT2D eigenvalue weighted by atomic mass is 9.99. The van der Waals surface area contributed by atoms with Gasteiger partial charge in [0, 0.05) is 16.3 Å². The SMILES string of the molecule is Cc1cc(C2=CCN(c3nc(C)n(Cc4ccc(C(F)(F)F)s4)c(=O)n3)C[C@@H]2O)cs1. The first-order valence-corrected chi connectivity index (χ1v) is 11.1. The molecule has 0 amide bonds. The Morgan fingerprint density at radius 1 is 1.26 bits per heavy atom. The maximum atomic E-state index is 12.8. The molecule has 1 N–H and O–H groups in total. The van der Waals surface area contributed by atoms with Crippen molar-refractivity contribution >= 4 is 34.2 Å². The van der Waals surface area contributed by atoms with Gasteiger partial charge in [-0.15, -0.1) is 22.7 Å². The molecule has 1 atom stereocenters. The van der Waals surface area contributed by atoms with Crippen molar-refractivity contribution in [2.45, 2.75) is 32.7 Å². The number of hydrogen-bond acceptors (Lipinski definition) is 7. The van der Waals surface area contributed by atoms with E-state index < -0.39 is 22.8 Å². The molecule has 4 rings (SSSR count). The molecule has 0 spiro atoms. The highest BCUT2D eigenvalue weighted by Crippen LogP contribution is 2.35. The van der Waals surface area contributed by atoms with E-state index in [1.165, 1.54) is 10.6 Å². The van der Waals surface area contributed by atoms with Crippen molar-refractivity contribution in [2.24, 2.45) is 0 Å². The molecule has 0 saturated heterocycles. The van der Waals surface area contributed by atoms with Gasteiger partial charge in [0.05, 0.1) is 19.2 Å². The summed E-state index contributed by atoms with van der Waals surface area (Å²) in [6.45, 7) is 4.26. The second-order valence-electron chi connectivity index (χ2n) is 7.23. The Hall–Kier alpha value is -2.50. The number of aliphatic hydroxyl groups is 1. The van der Waals surface area contributed by atoms with Crippen LogP contribution in [0.4, 0.5) is 19.1 Å². The minimum Gasteiger partial charge on any atom is -0.387 e. The lowest BCUT2D eigenvalue weighted by Crippen LogP contribution is -2.40. The minimum atomic E-state index is -4.41. The van der Waals surface area contributed by atoms with Crippen LogP contribution in [0.2, 0.25) is 0 Å². The minimum absolute atomic E-state index is 0.0319. The summed E-state index contributed by atoms with van der Waals surface area (Å²) in [6, 6.07) is 4.38. The third-order valence-electron chi connectivity index (χ3n) is 4.96. The van der Waals surface area contributed by atoms with Gasteiger partial charge in [-0.05, 0) is 48.6 Å². The maximum absolute atomic E-state index is 12.8. The van der Waals surface area contributed by atoms with E-state index in [1.807, 2.05) is 24.4 Å². The van der Waals surface area contributed by atoms with Gasteiger partial charge in [0.2, 0.25) is 5.95 Å². The van der Waals surface area contributed by atoms with Gasteiger partial charge in [0.1, 0.15) is 10.7 Å². The Bertz CT molecular complexity index is 1200. The molecule has 3 aromatic heterocycles. The molecule has 0 bridgehead atoms. The van der Waals surface area contributed by atoms with E-state index in [2.05, 4.69) is 9.97 Å². The summed E-state index contributed by atoms with van der Waals surface area (Å²) < 4.78 is 39.7. The molecule has 0 aromatic carbocycles. The van der Waals surface area contributed by atoms with Crippen molar-refractivity contribution in [2.75, 3.05) is 18.0 Å². The summed E-state index contributed by atoms with van der Waals surface area (Å²) in [5.74, 6) is 0.534. The summed E-state index contributed by atoms with van der Waals surface area (Å²) >= 11 is 2.20. The monoisotopic (exact) mass is 468 g/mol. The van der Waals surface area contributed by atoms with Crippen LogP contribution < -0.4 is 10.6 Å². The van der Waals surface area contributed by atoms with Crippen molar-refractivity contribution < 1.29 is 18.3 Å². The molecule has 3 aromatic rings. The van der Waals surface area contributed by atoms with Gasteiger partial charge in [-0.1, -0.05) is 6.08 Å². The van der Waals surface area contributed by atoms with E-state index in [0.29, 0.717) is 28.6 Å². The van der Waals surface area contributed by atoms with E-state index in [4.69, 9.17) is 0 Å². The molecule has 0 saturated carbocycles. The number of aromatic nitrogens is 3. The Labute approximate surface area is 183 Å². The van der Waals surface area contributed by atoms with Gasteiger partial charge in [0.25, 0.3) is 0 Å². The lowest BCUT2D eigenvalue weighted by Gasteiger charge is -2.30. The fraction of sp³-hybridized carbons (Fsp3) is 0.350. The van der Waals surface area contributed by atoms with Crippen LogP contribution in [-0.2, 0) is 12.7 Å². The maximum Gasteiger partial charge on any atom is 0.425 e. The Morgan fingerprint density at radius 2 is 2.03 bits per heavy atom. The number of nitrogens with zero attached hydrogens (tertiary/aromatic N) is 4. The number of anilines is 1. The smallest absolute Gasteiger partial charge is 0.387 e. The van der Waals surface area contributed by atoms with Crippen LogP contribution >= 0.6 is 22.7 Å². The molecule has 0 unspecified atom stereocenters. The molecule has 0 radical (unpaired) electrons. The zero-order valence-electron chi connectivity index (χ0n) is 16.7. The van der Waals surface area contributed by atoms with Gasteiger partial charge in [-0.25, -0.2) is 4.79 Å². The molecule has 1 aliphatic rings. The summed E-state index contributed by atoms with van der Waals surface area (Å²) in [5, 5.41) is 12.6. The topological polar surface area (TPSA) is 71.2 Å². The van der Waals surface area contributed by atoms with Crippen LogP contribution in [-0.4, -0.2) is 38.8 Å². The van der Waals surface area contributed by atoms with Crippen molar-refractivity contribution in [3.63, 3.8) is 0 Å². The quantitative estimate of drug-likeness (QED) is 0.632.